The Morgan fingerprint density at radius 1 is 1.47 bits per heavy atom. The third-order valence-electron chi connectivity index (χ3n) is 2.50. The van der Waals surface area contributed by atoms with Gasteiger partial charge in [0.2, 0.25) is 11.8 Å². The number of piperidine rings is 1. The van der Waals surface area contributed by atoms with Crippen LogP contribution in [0.15, 0.2) is 0 Å². The quantitative estimate of drug-likeness (QED) is 0.422. The standard InChI is InChI=1S/C10H18N2O3/c1-2-3-11-6-8(13)7-4-9(14)12-10(15)5-7/h7-8,11,13H,2-6H2,1H3,(H,12,14,15). The molecule has 0 aromatic carbocycles. The zero-order chi connectivity index (χ0) is 11.3. The molecular formula is C10H18N2O3. The van der Waals surface area contributed by atoms with Crippen LogP contribution in [-0.2, 0) is 9.59 Å². The minimum Gasteiger partial charge on any atom is -0.391 e. The number of imide groups is 1. The summed E-state index contributed by atoms with van der Waals surface area (Å²) in [6.07, 6.45) is 0.852. The molecule has 2 amide bonds. The Kier molecular flexibility index (Phi) is 4.71. The van der Waals surface area contributed by atoms with Crippen molar-refractivity contribution in [3.05, 3.63) is 0 Å². The van der Waals surface area contributed by atoms with E-state index in [-0.39, 0.29) is 30.6 Å². The lowest BCUT2D eigenvalue weighted by Gasteiger charge is -2.25. The summed E-state index contributed by atoms with van der Waals surface area (Å²) >= 11 is 0. The molecule has 86 valence electrons. The molecule has 1 rings (SSSR count). The topological polar surface area (TPSA) is 78.4 Å². The Morgan fingerprint density at radius 3 is 2.60 bits per heavy atom. The fourth-order valence-corrected chi connectivity index (χ4v) is 1.67. The average molecular weight is 214 g/mol. The number of aliphatic hydroxyl groups excluding tert-OH is 1. The van der Waals surface area contributed by atoms with Crippen LogP contribution >= 0.6 is 0 Å². The van der Waals surface area contributed by atoms with Gasteiger partial charge in [-0.05, 0) is 13.0 Å². The van der Waals surface area contributed by atoms with Gasteiger partial charge < -0.3 is 10.4 Å². The highest BCUT2D eigenvalue weighted by atomic mass is 16.3. The molecule has 0 aliphatic carbocycles. The van der Waals surface area contributed by atoms with Crippen molar-refractivity contribution < 1.29 is 14.7 Å². The molecule has 1 heterocycles. The predicted molar refractivity (Wildman–Crippen MR) is 55.0 cm³/mol. The van der Waals surface area contributed by atoms with Crippen LogP contribution in [0.2, 0.25) is 0 Å². The zero-order valence-corrected chi connectivity index (χ0v) is 8.95. The van der Waals surface area contributed by atoms with E-state index >= 15 is 0 Å². The molecule has 0 spiro atoms. The third-order valence-corrected chi connectivity index (χ3v) is 2.50. The van der Waals surface area contributed by atoms with Crippen molar-refractivity contribution >= 4 is 11.8 Å². The summed E-state index contributed by atoms with van der Waals surface area (Å²) in [6, 6.07) is 0. The lowest BCUT2D eigenvalue weighted by molar-refractivity contribution is -0.136. The van der Waals surface area contributed by atoms with Gasteiger partial charge in [0.25, 0.3) is 0 Å². The smallest absolute Gasteiger partial charge is 0.226 e. The number of aliphatic hydroxyl groups is 1. The molecule has 3 N–H and O–H groups in total. The summed E-state index contributed by atoms with van der Waals surface area (Å²) in [7, 11) is 0. The van der Waals surface area contributed by atoms with E-state index in [1.54, 1.807) is 0 Å². The SMILES string of the molecule is CCCNCC(O)C1CC(=O)NC(=O)C1. The second-order valence-electron chi connectivity index (χ2n) is 3.91. The molecule has 1 aliphatic rings. The van der Waals surface area contributed by atoms with Crippen molar-refractivity contribution in [3.63, 3.8) is 0 Å². The van der Waals surface area contributed by atoms with Crippen molar-refractivity contribution in [1.82, 2.24) is 10.6 Å². The fourth-order valence-electron chi connectivity index (χ4n) is 1.67. The van der Waals surface area contributed by atoms with E-state index in [0.717, 1.165) is 13.0 Å². The van der Waals surface area contributed by atoms with Gasteiger partial charge >= 0.3 is 0 Å². The number of hydrogen-bond donors (Lipinski definition) is 3. The van der Waals surface area contributed by atoms with E-state index in [4.69, 9.17) is 0 Å². The van der Waals surface area contributed by atoms with Crippen LogP contribution in [0.25, 0.3) is 0 Å². The molecule has 0 aromatic rings. The molecule has 5 heteroatoms. The van der Waals surface area contributed by atoms with E-state index in [1.807, 2.05) is 6.92 Å². The first-order valence-corrected chi connectivity index (χ1v) is 5.35. The van der Waals surface area contributed by atoms with E-state index < -0.39 is 6.10 Å². The number of carbonyl (C=O) groups excluding carboxylic acids is 2. The number of amides is 2. The van der Waals surface area contributed by atoms with Gasteiger partial charge in [-0.1, -0.05) is 6.92 Å². The summed E-state index contributed by atoms with van der Waals surface area (Å²) in [5.74, 6) is -0.813. The molecule has 0 bridgehead atoms. The lowest BCUT2D eigenvalue weighted by Crippen LogP contribution is -2.44. The van der Waals surface area contributed by atoms with E-state index in [0.29, 0.717) is 6.54 Å². The minimum absolute atomic E-state index is 0.237. The molecule has 0 saturated carbocycles. The first kappa shape index (κ1) is 12.1. The molecule has 1 atom stereocenters. The van der Waals surface area contributed by atoms with Crippen molar-refractivity contribution in [3.8, 4) is 0 Å². The van der Waals surface area contributed by atoms with Gasteiger partial charge in [-0.2, -0.15) is 0 Å². The summed E-state index contributed by atoms with van der Waals surface area (Å²) < 4.78 is 0. The van der Waals surface area contributed by atoms with Gasteiger partial charge in [-0.25, -0.2) is 0 Å². The van der Waals surface area contributed by atoms with E-state index in [1.165, 1.54) is 0 Å². The van der Waals surface area contributed by atoms with Crippen LogP contribution in [0.5, 0.6) is 0 Å². The summed E-state index contributed by atoms with van der Waals surface area (Å²) in [5.41, 5.74) is 0. The van der Waals surface area contributed by atoms with Crippen LogP contribution < -0.4 is 10.6 Å². The van der Waals surface area contributed by atoms with Gasteiger partial charge in [0.1, 0.15) is 0 Å². The molecule has 0 radical (unpaired) electrons. The van der Waals surface area contributed by atoms with Gasteiger partial charge in [-0.3, -0.25) is 14.9 Å². The number of rotatable bonds is 5. The van der Waals surface area contributed by atoms with Gasteiger partial charge in [0.05, 0.1) is 6.10 Å². The maximum atomic E-state index is 11.1. The minimum atomic E-state index is -0.619. The molecule has 0 aromatic heterocycles. The maximum Gasteiger partial charge on any atom is 0.226 e. The monoisotopic (exact) mass is 214 g/mol. The first-order valence-electron chi connectivity index (χ1n) is 5.35. The molecule has 5 nitrogen and oxygen atoms in total. The molecule has 15 heavy (non-hydrogen) atoms. The highest BCUT2D eigenvalue weighted by Gasteiger charge is 2.29. The Bertz CT molecular complexity index is 227. The van der Waals surface area contributed by atoms with Gasteiger partial charge in [0, 0.05) is 25.3 Å². The Labute approximate surface area is 89.2 Å². The van der Waals surface area contributed by atoms with Crippen molar-refractivity contribution in [2.45, 2.75) is 32.3 Å². The third kappa shape index (κ3) is 3.97. The zero-order valence-electron chi connectivity index (χ0n) is 8.95. The number of nitrogens with one attached hydrogen (secondary N) is 2. The molecule has 1 aliphatic heterocycles. The molecular weight excluding hydrogens is 196 g/mol. The fraction of sp³-hybridized carbons (Fsp3) is 0.800. The summed E-state index contributed by atoms with van der Waals surface area (Å²) in [4.78, 5) is 22.1. The van der Waals surface area contributed by atoms with Crippen molar-refractivity contribution in [1.29, 1.82) is 0 Å². The van der Waals surface area contributed by atoms with Crippen LogP contribution in [0.1, 0.15) is 26.2 Å². The summed E-state index contributed by atoms with van der Waals surface area (Å²) in [5, 5.41) is 15.0. The molecule has 1 fully saturated rings. The highest BCUT2D eigenvalue weighted by molar-refractivity contribution is 5.97. The van der Waals surface area contributed by atoms with Crippen LogP contribution in [-0.4, -0.2) is 36.1 Å². The van der Waals surface area contributed by atoms with Crippen LogP contribution in [0.4, 0.5) is 0 Å². The van der Waals surface area contributed by atoms with Gasteiger partial charge in [-0.15, -0.1) is 0 Å². The number of hydrogen-bond acceptors (Lipinski definition) is 4. The Balaban J connectivity index is 2.34. The normalized spacial score (nSPS) is 20.1. The van der Waals surface area contributed by atoms with Crippen molar-refractivity contribution in [2.75, 3.05) is 13.1 Å². The highest BCUT2D eigenvalue weighted by Crippen LogP contribution is 2.17. The first-order chi connectivity index (χ1) is 7.13. The molecule has 1 unspecified atom stereocenters. The van der Waals surface area contributed by atoms with Crippen LogP contribution in [0.3, 0.4) is 0 Å². The summed E-state index contributed by atoms with van der Waals surface area (Å²) in [6.45, 7) is 3.32. The molecule has 1 saturated heterocycles. The number of carbonyl (C=O) groups is 2. The second kappa shape index (κ2) is 5.82. The van der Waals surface area contributed by atoms with Crippen LogP contribution in [0, 0.1) is 5.92 Å². The average Bonchev–Trinajstić information content (AvgIpc) is 2.16. The largest absolute Gasteiger partial charge is 0.391 e. The van der Waals surface area contributed by atoms with Gasteiger partial charge in [0.15, 0.2) is 0 Å². The Morgan fingerprint density at radius 2 is 2.07 bits per heavy atom. The maximum absolute atomic E-state index is 11.1. The lowest BCUT2D eigenvalue weighted by atomic mass is 9.91. The Hall–Kier alpha value is -0.940. The second-order valence-corrected chi connectivity index (χ2v) is 3.91. The van der Waals surface area contributed by atoms with E-state index in [9.17, 15) is 14.7 Å². The van der Waals surface area contributed by atoms with Crippen molar-refractivity contribution in [2.24, 2.45) is 5.92 Å². The predicted octanol–water partition coefficient (Wildman–Crippen LogP) is -0.600. The van der Waals surface area contributed by atoms with E-state index in [2.05, 4.69) is 10.6 Å².